The summed E-state index contributed by atoms with van der Waals surface area (Å²) < 4.78 is 0.936. The van der Waals surface area contributed by atoms with Gasteiger partial charge in [-0.25, -0.2) is 0 Å². The highest BCUT2D eigenvalue weighted by Gasteiger charge is 2.22. The second-order valence-corrected chi connectivity index (χ2v) is 6.85. The molecule has 4 nitrogen and oxygen atoms in total. The van der Waals surface area contributed by atoms with Crippen LogP contribution < -0.4 is 5.32 Å². The first-order valence-corrected chi connectivity index (χ1v) is 8.49. The lowest BCUT2D eigenvalue weighted by Gasteiger charge is -2.14. The van der Waals surface area contributed by atoms with E-state index in [0.717, 1.165) is 26.9 Å². The summed E-state index contributed by atoms with van der Waals surface area (Å²) >= 11 is 3.35. The van der Waals surface area contributed by atoms with Gasteiger partial charge in [-0.2, -0.15) is 0 Å². The highest BCUT2D eigenvalue weighted by atomic mass is 79.9. The molecule has 0 aliphatic heterocycles. The number of halogens is 1. The molecule has 0 aliphatic rings. The van der Waals surface area contributed by atoms with Gasteiger partial charge in [0, 0.05) is 16.6 Å². The van der Waals surface area contributed by atoms with Gasteiger partial charge in [0.15, 0.2) is 0 Å². The van der Waals surface area contributed by atoms with Crippen molar-refractivity contribution in [3.05, 3.63) is 63.6 Å². The van der Waals surface area contributed by atoms with Crippen LogP contribution in [0.2, 0.25) is 0 Å². The van der Waals surface area contributed by atoms with E-state index in [1.54, 1.807) is 0 Å². The van der Waals surface area contributed by atoms with Crippen molar-refractivity contribution in [1.29, 1.82) is 0 Å². The number of benzene rings is 2. The molecule has 5 heteroatoms. The van der Waals surface area contributed by atoms with Crippen LogP contribution >= 0.6 is 15.9 Å². The van der Waals surface area contributed by atoms with Crippen LogP contribution in [0, 0.1) is 19.8 Å². The Morgan fingerprint density at radius 2 is 1.79 bits per heavy atom. The summed E-state index contributed by atoms with van der Waals surface area (Å²) in [5, 5.41) is 12.2. The molecule has 0 radical (unpaired) electrons. The van der Waals surface area contributed by atoms with Crippen molar-refractivity contribution in [3.8, 4) is 0 Å². The van der Waals surface area contributed by atoms with Crippen LogP contribution in [0.3, 0.4) is 0 Å². The molecule has 2 aromatic carbocycles. The minimum Gasteiger partial charge on any atom is -0.481 e. The molecular formula is C19H20BrNO3. The molecule has 2 rings (SSSR count). The monoisotopic (exact) mass is 389 g/mol. The van der Waals surface area contributed by atoms with E-state index in [1.807, 2.05) is 56.3 Å². The van der Waals surface area contributed by atoms with E-state index in [1.165, 1.54) is 0 Å². The molecule has 126 valence electrons. The Balaban J connectivity index is 2.04. The van der Waals surface area contributed by atoms with Crippen molar-refractivity contribution in [2.24, 2.45) is 5.92 Å². The first-order valence-electron chi connectivity index (χ1n) is 7.69. The molecule has 0 fully saturated rings. The average Bonchev–Trinajstić information content (AvgIpc) is 2.52. The number of amides is 1. The van der Waals surface area contributed by atoms with Gasteiger partial charge in [0.2, 0.25) is 5.91 Å². The Hall–Kier alpha value is -2.14. The molecule has 0 spiro atoms. The van der Waals surface area contributed by atoms with Crippen molar-refractivity contribution in [3.63, 3.8) is 0 Å². The zero-order chi connectivity index (χ0) is 17.7. The zero-order valence-corrected chi connectivity index (χ0v) is 15.3. The second-order valence-electron chi connectivity index (χ2n) is 5.94. The first kappa shape index (κ1) is 18.2. The molecule has 0 aliphatic carbocycles. The molecule has 2 N–H and O–H groups in total. The number of carboxylic acids is 1. The van der Waals surface area contributed by atoms with E-state index < -0.39 is 11.9 Å². The fourth-order valence-electron chi connectivity index (χ4n) is 2.45. The third kappa shape index (κ3) is 5.20. The minimum atomic E-state index is -0.964. The molecule has 0 bridgehead atoms. The maximum Gasteiger partial charge on any atom is 0.307 e. The third-order valence-electron chi connectivity index (χ3n) is 3.84. The molecule has 0 saturated heterocycles. The normalized spacial score (nSPS) is 11.8. The van der Waals surface area contributed by atoms with Crippen molar-refractivity contribution >= 4 is 33.5 Å². The standard InChI is InChI=1S/C19H20BrNO3/c1-12-3-4-13(2)17(9-12)21-18(22)11-15(19(23)24)10-14-5-7-16(20)8-6-14/h3-9,15H,10-11H2,1-2H3,(H,21,22)(H,23,24). The predicted octanol–water partition coefficient (Wildman–Crippen LogP) is 4.34. The third-order valence-corrected chi connectivity index (χ3v) is 4.37. The number of hydrogen-bond acceptors (Lipinski definition) is 2. The fourth-order valence-corrected chi connectivity index (χ4v) is 2.71. The van der Waals surface area contributed by atoms with E-state index in [9.17, 15) is 14.7 Å². The van der Waals surface area contributed by atoms with Crippen LogP contribution in [0.15, 0.2) is 46.9 Å². The molecule has 1 unspecified atom stereocenters. The van der Waals surface area contributed by atoms with Crippen molar-refractivity contribution in [2.45, 2.75) is 26.7 Å². The van der Waals surface area contributed by atoms with E-state index in [4.69, 9.17) is 0 Å². The quantitative estimate of drug-likeness (QED) is 0.771. The molecule has 0 aromatic heterocycles. The summed E-state index contributed by atoms with van der Waals surface area (Å²) in [6, 6.07) is 13.2. The average molecular weight is 390 g/mol. The topological polar surface area (TPSA) is 66.4 Å². The molecule has 0 saturated carbocycles. The van der Waals surface area contributed by atoms with Crippen molar-refractivity contribution in [2.75, 3.05) is 5.32 Å². The lowest BCUT2D eigenvalue weighted by atomic mass is 9.96. The number of carbonyl (C=O) groups is 2. The van der Waals surface area contributed by atoms with E-state index in [-0.39, 0.29) is 12.3 Å². The highest BCUT2D eigenvalue weighted by Crippen LogP contribution is 2.19. The van der Waals surface area contributed by atoms with Gasteiger partial charge in [-0.15, -0.1) is 0 Å². The number of nitrogens with one attached hydrogen (secondary N) is 1. The Morgan fingerprint density at radius 3 is 2.42 bits per heavy atom. The lowest BCUT2D eigenvalue weighted by molar-refractivity contribution is -0.143. The maximum absolute atomic E-state index is 12.3. The van der Waals surface area contributed by atoms with Gasteiger partial charge in [0.1, 0.15) is 0 Å². The highest BCUT2D eigenvalue weighted by molar-refractivity contribution is 9.10. The number of aliphatic carboxylic acids is 1. The Labute approximate surface area is 150 Å². The Kier molecular flexibility index (Phi) is 6.15. The van der Waals surface area contributed by atoms with Gasteiger partial charge in [-0.05, 0) is 55.2 Å². The van der Waals surface area contributed by atoms with Gasteiger partial charge in [-0.1, -0.05) is 40.2 Å². The summed E-state index contributed by atoms with van der Waals surface area (Å²) in [6.45, 7) is 3.86. The molecular weight excluding hydrogens is 370 g/mol. The van der Waals surface area contributed by atoms with Crippen LogP contribution in [0.4, 0.5) is 5.69 Å². The second kappa shape index (κ2) is 8.11. The number of rotatable bonds is 6. The van der Waals surface area contributed by atoms with E-state index in [0.29, 0.717) is 6.42 Å². The first-order chi connectivity index (χ1) is 11.3. The van der Waals surface area contributed by atoms with Gasteiger partial charge >= 0.3 is 5.97 Å². The van der Waals surface area contributed by atoms with Gasteiger partial charge in [0.25, 0.3) is 0 Å². The Morgan fingerprint density at radius 1 is 1.12 bits per heavy atom. The number of carboxylic acid groups (broad SMARTS) is 1. The zero-order valence-electron chi connectivity index (χ0n) is 13.7. The number of carbonyl (C=O) groups excluding carboxylic acids is 1. The molecule has 0 heterocycles. The Bertz CT molecular complexity index is 741. The number of aryl methyl sites for hydroxylation is 2. The minimum absolute atomic E-state index is 0.0568. The summed E-state index contributed by atoms with van der Waals surface area (Å²) in [4.78, 5) is 23.7. The summed E-state index contributed by atoms with van der Waals surface area (Å²) in [7, 11) is 0. The maximum atomic E-state index is 12.3. The van der Waals surface area contributed by atoms with Crippen LogP contribution in [-0.2, 0) is 16.0 Å². The van der Waals surface area contributed by atoms with Crippen LogP contribution in [0.5, 0.6) is 0 Å². The van der Waals surface area contributed by atoms with E-state index >= 15 is 0 Å². The largest absolute Gasteiger partial charge is 0.481 e. The summed E-state index contributed by atoms with van der Waals surface area (Å²) in [5.41, 5.74) is 3.62. The predicted molar refractivity (Wildman–Crippen MR) is 98.1 cm³/mol. The molecule has 24 heavy (non-hydrogen) atoms. The van der Waals surface area contributed by atoms with Gasteiger partial charge < -0.3 is 10.4 Å². The van der Waals surface area contributed by atoms with Gasteiger partial charge in [-0.3, -0.25) is 9.59 Å². The number of hydrogen-bond donors (Lipinski definition) is 2. The SMILES string of the molecule is Cc1ccc(C)c(NC(=O)CC(Cc2ccc(Br)cc2)C(=O)O)c1. The molecule has 2 aromatic rings. The fraction of sp³-hybridized carbons (Fsp3) is 0.263. The summed E-state index contributed by atoms with van der Waals surface area (Å²) in [6.07, 6.45) is 0.265. The van der Waals surface area contributed by atoms with E-state index in [2.05, 4.69) is 21.2 Å². The molecule has 1 atom stereocenters. The smallest absolute Gasteiger partial charge is 0.307 e. The van der Waals surface area contributed by atoms with Crippen molar-refractivity contribution < 1.29 is 14.7 Å². The van der Waals surface area contributed by atoms with Crippen molar-refractivity contribution in [1.82, 2.24) is 0 Å². The van der Waals surface area contributed by atoms with Crippen LogP contribution in [0.25, 0.3) is 0 Å². The van der Waals surface area contributed by atoms with Crippen LogP contribution in [0.1, 0.15) is 23.1 Å². The number of anilines is 1. The molecule has 1 amide bonds. The van der Waals surface area contributed by atoms with Gasteiger partial charge in [0.05, 0.1) is 5.92 Å². The summed E-state index contributed by atoms with van der Waals surface area (Å²) in [5.74, 6) is -2.00. The lowest BCUT2D eigenvalue weighted by Crippen LogP contribution is -2.24. The van der Waals surface area contributed by atoms with Crippen LogP contribution in [-0.4, -0.2) is 17.0 Å².